The molecule has 2 aromatic carbocycles. The lowest BCUT2D eigenvalue weighted by Gasteiger charge is -2.34. The Morgan fingerprint density at radius 1 is 1.05 bits per heavy atom. The largest absolute Gasteiger partial charge is 0.494 e. The van der Waals surface area contributed by atoms with Crippen LogP contribution >= 0.6 is 11.6 Å². The van der Waals surface area contributed by atoms with Gasteiger partial charge in [-0.15, -0.1) is 6.58 Å². The van der Waals surface area contributed by atoms with Crippen LogP contribution in [0.3, 0.4) is 0 Å². The van der Waals surface area contributed by atoms with E-state index in [0.717, 1.165) is 0 Å². The van der Waals surface area contributed by atoms with E-state index in [1.165, 1.54) is 13.3 Å². The monoisotopic (exact) mass is 822 g/mol. The van der Waals surface area contributed by atoms with E-state index in [2.05, 4.69) is 32.2 Å². The van der Waals surface area contributed by atoms with Crippen molar-refractivity contribution in [1.29, 1.82) is 0 Å². The zero-order valence-electron chi connectivity index (χ0n) is 33.3. The Bertz CT molecular complexity index is 2220. The molecule has 2 heterocycles. The number of fused-ring (bicyclic) bond motifs is 1. The number of pyridine rings is 1. The van der Waals surface area contributed by atoms with Crippen LogP contribution in [0.25, 0.3) is 10.8 Å². The maximum absolute atomic E-state index is 14.4. The van der Waals surface area contributed by atoms with E-state index in [4.69, 9.17) is 21.1 Å². The number of anilines is 1. The molecule has 14 nitrogen and oxygen atoms in total. The number of carbonyl (C=O) groups excluding carboxylic acids is 4. The van der Waals surface area contributed by atoms with E-state index in [1.54, 1.807) is 53.4 Å². The molecule has 16 heteroatoms. The quantitative estimate of drug-likeness (QED) is 0.171. The Labute approximate surface area is 338 Å². The molecule has 0 radical (unpaired) electrons. The molecule has 4 N–H and O–H groups in total. The molecule has 3 aromatic rings. The van der Waals surface area contributed by atoms with Gasteiger partial charge in [-0.3, -0.25) is 34.1 Å². The van der Waals surface area contributed by atoms with Crippen molar-refractivity contribution in [2.24, 2.45) is 11.3 Å². The summed E-state index contributed by atoms with van der Waals surface area (Å²) < 4.78 is 40.3. The highest BCUT2D eigenvalue weighted by molar-refractivity contribution is 7.91. The Morgan fingerprint density at radius 3 is 2.39 bits per heavy atom. The van der Waals surface area contributed by atoms with Crippen molar-refractivity contribution >= 4 is 61.7 Å². The van der Waals surface area contributed by atoms with Crippen LogP contribution in [0.2, 0.25) is 5.02 Å². The Balaban J connectivity index is 1.29. The first-order valence-corrected chi connectivity index (χ1v) is 20.9. The highest BCUT2D eigenvalue weighted by atomic mass is 35.5. The lowest BCUT2D eigenvalue weighted by Crippen LogP contribution is -2.59. The van der Waals surface area contributed by atoms with Crippen molar-refractivity contribution in [3.63, 3.8) is 0 Å². The van der Waals surface area contributed by atoms with Crippen molar-refractivity contribution in [1.82, 2.24) is 25.2 Å². The molecule has 1 aliphatic heterocycles. The van der Waals surface area contributed by atoms with Gasteiger partial charge in [0.1, 0.15) is 23.4 Å². The van der Waals surface area contributed by atoms with Crippen LogP contribution in [0.1, 0.15) is 77.6 Å². The molecule has 1 saturated heterocycles. The molecule has 2 aliphatic carbocycles. The SMILES string of the molecule is C=C[C@@H]1C[C@@]1(C(=O)NS(=O)(=O)C1CC1)N1C[C@H](Oc2ncc(OC)c3ccc(Cl)cc23)C[C@H]1C(=O)NC(=O)[C@H](Nc1cccc(C(=O)NC(C)(C)C)c1)C(C)(C)C. The van der Waals surface area contributed by atoms with E-state index in [9.17, 15) is 27.6 Å². The fraction of sp³-hybridized carbons (Fsp3) is 0.488. The van der Waals surface area contributed by atoms with Crippen LogP contribution in [0.4, 0.5) is 5.69 Å². The standard InChI is InChI=1S/C41H51ClN6O8S/c1-9-24-20-41(24,38(52)47-57(53,54)28-14-15-28)48-22-27(56-37-30-18-25(42)13-16-29(30)32(55-8)21-43-37)19-31(48)35(50)45-36(51)33(39(2,3)4)44-26-12-10-11-23(17-26)34(49)46-40(5,6)7/h9-13,16-18,21,24,27-28,31,33,44H,1,14-15,19-20,22H2,2-8H3,(H,46,49)(H,47,52)(H,45,50,51)/t24-,27-,31+,33+,41-/m1/s1. The number of amides is 4. The Kier molecular flexibility index (Phi) is 11.4. The third-order valence-corrected chi connectivity index (χ3v) is 12.6. The molecule has 3 fully saturated rings. The van der Waals surface area contributed by atoms with E-state index < -0.39 is 73.6 Å². The van der Waals surface area contributed by atoms with Gasteiger partial charge in [-0.1, -0.05) is 44.5 Å². The number of carbonyl (C=O) groups is 4. The average Bonchev–Trinajstić information content (AvgIpc) is 4.06. The normalized spacial score (nSPS) is 22.9. The fourth-order valence-corrected chi connectivity index (χ4v) is 8.92. The minimum Gasteiger partial charge on any atom is -0.494 e. The molecule has 6 rings (SSSR count). The lowest BCUT2D eigenvalue weighted by molar-refractivity contribution is -0.136. The Hall–Kier alpha value is -4.73. The molecule has 0 unspecified atom stereocenters. The highest BCUT2D eigenvalue weighted by Gasteiger charge is 2.67. The van der Waals surface area contributed by atoms with Crippen molar-refractivity contribution in [2.75, 3.05) is 19.0 Å². The summed E-state index contributed by atoms with van der Waals surface area (Å²) >= 11 is 6.36. The summed E-state index contributed by atoms with van der Waals surface area (Å²) in [6, 6.07) is 9.87. The molecule has 1 aromatic heterocycles. The molecule has 4 amide bonds. The fourth-order valence-electron chi connectivity index (χ4n) is 7.39. The zero-order valence-corrected chi connectivity index (χ0v) is 34.8. The molecular weight excluding hydrogens is 772 g/mol. The number of likely N-dealkylation sites (tertiary alicyclic amines) is 1. The summed E-state index contributed by atoms with van der Waals surface area (Å²) in [4.78, 5) is 61.7. The van der Waals surface area contributed by atoms with Gasteiger partial charge >= 0.3 is 0 Å². The number of sulfonamides is 1. The molecule has 2 saturated carbocycles. The lowest BCUT2D eigenvalue weighted by atomic mass is 9.85. The summed E-state index contributed by atoms with van der Waals surface area (Å²) in [6.45, 7) is 15.1. The first-order chi connectivity index (χ1) is 26.7. The molecule has 306 valence electrons. The van der Waals surface area contributed by atoms with Crippen LogP contribution in [-0.2, 0) is 24.4 Å². The van der Waals surface area contributed by atoms with Crippen molar-refractivity contribution in [3.05, 3.63) is 71.9 Å². The number of hydrogen-bond donors (Lipinski definition) is 4. The second kappa shape index (κ2) is 15.6. The van der Waals surface area contributed by atoms with E-state index in [1.807, 2.05) is 41.5 Å². The number of nitrogens with zero attached hydrogens (tertiary/aromatic N) is 2. The summed E-state index contributed by atoms with van der Waals surface area (Å²) in [5, 5.41) is 9.78. The average molecular weight is 823 g/mol. The highest BCUT2D eigenvalue weighted by Crippen LogP contribution is 2.53. The van der Waals surface area contributed by atoms with Crippen molar-refractivity contribution in [3.8, 4) is 11.6 Å². The minimum absolute atomic E-state index is 0.0215. The van der Waals surface area contributed by atoms with E-state index >= 15 is 0 Å². The predicted octanol–water partition coefficient (Wildman–Crippen LogP) is 4.97. The molecule has 5 atom stereocenters. The second-order valence-corrected chi connectivity index (χ2v) is 19.6. The molecule has 57 heavy (non-hydrogen) atoms. The first kappa shape index (κ1) is 41.9. The van der Waals surface area contributed by atoms with Crippen LogP contribution in [0.15, 0.2) is 61.3 Å². The maximum Gasteiger partial charge on any atom is 0.254 e. The van der Waals surface area contributed by atoms with Gasteiger partial charge in [-0.05, 0) is 81.8 Å². The Morgan fingerprint density at radius 2 is 1.77 bits per heavy atom. The van der Waals surface area contributed by atoms with E-state index in [-0.39, 0.29) is 31.2 Å². The van der Waals surface area contributed by atoms with Gasteiger partial charge in [0.05, 0.1) is 24.6 Å². The maximum atomic E-state index is 14.4. The second-order valence-electron chi connectivity index (χ2n) is 17.2. The zero-order chi connectivity index (χ0) is 41.7. The van der Waals surface area contributed by atoms with Crippen molar-refractivity contribution in [2.45, 2.75) is 102 Å². The van der Waals surface area contributed by atoms with Crippen LogP contribution < -0.4 is 30.1 Å². The van der Waals surface area contributed by atoms with Gasteiger partial charge in [0.2, 0.25) is 27.7 Å². The number of hydrogen-bond acceptors (Lipinski definition) is 11. The smallest absolute Gasteiger partial charge is 0.254 e. The van der Waals surface area contributed by atoms with Gasteiger partial charge in [0.25, 0.3) is 11.8 Å². The van der Waals surface area contributed by atoms with Gasteiger partial charge in [-0.2, -0.15) is 0 Å². The van der Waals surface area contributed by atoms with Crippen LogP contribution in [0.5, 0.6) is 11.6 Å². The predicted molar refractivity (Wildman–Crippen MR) is 218 cm³/mol. The first-order valence-electron chi connectivity index (χ1n) is 18.9. The summed E-state index contributed by atoms with van der Waals surface area (Å²) in [6.07, 6.45) is 3.51. The number of halogens is 1. The number of nitrogens with one attached hydrogen (secondary N) is 4. The summed E-state index contributed by atoms with van der Waals surface area (Å²) in [5.74, 6) is -2.13. The van der Waals surface area contributed by atoms with Gasteiger partial charge in [0.15, 0.2) is 0 Å². The topological polar surface area (TPSA) is 185 Å². The van der Waals surface area contributed by atoms with Crippen molar-refractivity contribution < 1.29 is 37.1 Å². The van der Waals surface area contributed by atoms with Crippen LogP contribution in [0, 0.1) is 11.3 Å². The minimum atomic E-state index is -3.93. The van der Waals surface area contributed by atoms with Gasteiger partial charge < -0.3 is 20.1 Å². The summed E-state index contributed by atoms with van der Waals surface area (Å²) in [7, 11) is -2.41. The number of imide groups is 1. The third kappa shape index (κ3) is 9.05. The van der Waals surface area contributed by atoms with Gasteiger partial charge in [-0.25, -0.2) is 13.4 Å². The molecule has 0 bridgehead atoms. The van der Waals surface area contributed by atoms with Gasteiger partial charge in [0, 0.05) is 51.5 Å². The number of aromatic nitrogens is 1. The van der Waals surface area contributed by atoms with E-state index in [0.29, 0.717) is 45.6 Å². The molecule has 0 spiro atoms. The molecular formula is C41H51ClN6O8S. The van der Waals surface area contributed by atoms with Crippen LogP contribution in [-0.4, -0.2) is 90.1 Å². The third-order valence-electron chi connectivity index (χ3n) is 10.5. The number of ether oxygens (including phenoxy) is 2. The number of methoxy groups -OCH3 is 1. The number of rotatable bonds is 13. The number of benzene rings is 2. The summed E-state index contributed by atoms with van der Waals surface area (Å²) in [5.41, 5.74) is -1.74. The molecule has 3 aliphatic rings.